The second-order valence-electron chi connectivity index (χ2n) is 11.2. The summed E-state index contributed by atoms with van der Waals surface area (Å²) < 4.78 is 0. The molecule has 3 heterocycles. The Morgan fingerprint density at radius 1 is 1.08 bits per heavy atom. The number of likely N-dealkylation sites (N-methyl/N-ethyl adjacent to an activating group) is 1. The van der Waals surface area contributed by atoms with Crippen LogP contribution in [-0.2, 0) is 6.54 Å². The van der Waals surface area contributed by atoms with Gasteiger partial charge < -0.3 is 25.5 Å². The first kappa shape index (κ1) is 25.3. The van der Waals surface area contributed by atoms with E-state index in [0.29, 0.717) is 12.1 Å². The van der Waals surface area contributed by atoms with Gasteiger partial charge in [0.25, 0.3) is 0 Å². The van der Waals surface area contributed by atoms with Crippen molar-refractivity contribution < 1.29 is 5.11 Å². The van der Waals surface area contributed by atoms with Crippen LogP contribution in [0.25, 0.3) is 5.57 Å². The Morgan fingerprint density at radius 3 is 2.50 bits per heavy atom. The summed E-state index contributed by atoms with van der Waals surface area (Å²) in [5.74, 6) is 0.864. The van der Waals surface area contributed by atoms with Crippen molar-refractivity contribution in [3.63, 3.8) is 0 Å². The molecule has 3 aliphatic heterocycles. The first-order chi connectivity index (χ1) is 17.5. The van der Waals surface area contributed by atoms with Crippen molar-refractivity contribution in [3.05, 3.63) is 53.4 Å². The van der Waals surface area contributed by atoms with Gasteiger partial charge in [0.15, 0.2) is 12.1 Å². The van der Waals surface area contributed by atoms with Crippen molar-refractivity contribution in [1.29, 1.82) is 0 Å². The minimum Gasteiger partial charge on any atom is -0.393 e. The normalized spacial score (nSPS) is 28.1. The van der Waals surface area contributed by atoms with Crippen molar-refractivity contribution in [2.45, 2.75) is 83.3 Å². The number of nitrogens with one attached hydrogen (secondary N) is 2. The van der Waals surface area contributed by atoms with Crippen LogP contribution in [0.4, 0.5) is 0 Å². The minimum atomic E-state index is -0.154. The molecule has 0 bridgehead atoms. The van der Waals surface area contributed by atoms with E-state index in [9.17, 15) is 5.11 Å². The third-order valence-electron chi connectivity index (χ3n) is 8.23. The van der Waals surface area contributed by atoms with Crippen molar-refractivity contribution in [1.82, 2.24) is 25.3 Å². The van der Waals surface area contributed by atoms with E-state index in [1.54, 1.807) is 0 Å². The second-order valence-corrected chi connectivity index (χ2v) is 11.2. The molecular formula is C29H44N6O. The molecule has 5 rings (SSSR count). The zero-order chi connectivity index (χ0) is 25.1. The van der Waals surface area contributed by atoms with E-state index in [1.807, 2.05) is 0 Å². The number of aliphatic imine (C=N–C) groups is 1. The number of piperazine rings is 1. The smallest absolute Gasteiger partial charge is 0.197 e. The maximum atomic E-state index is 10.1. The highest BCUT2D eigenvalue weighted by atomic mass is 16.3. The predicted molar refractivity (Wildman–Crippen MR) is 147 cm³/mol. The summed E-state index contributed by atoms with van der Waals surface area (Å²) >= 11 is 0. The van der Waals surface area contributed by atoms with Crippen LogP contribution >= 0.6 is 0 Å². The molecule has 36 heavy (non-hydrogen) atoms. The third-order valence-corrected chi connectivity index (χ3v) is 8.23. The summed E-state index contributed by atoms with van der Waals surface area (Å²) in [6.45, 7) is 10.0. The van der Waals surface area contributed by atoms with Crippen molar-refractivity contribution >= 4 is 11.5 Å². The third kappa shape index (κ3) is 5.79. The number of guanidine groups is 1. The number of fused-ring (bicyclic) bond motifs is 1. The first-order valence-electron chi connectivity index (χ1n) is 14.0. The number of nitrogens with zero attached hydrogens (tertiary/aromatic N) is 4. The van der Waals surface area contributed by atoms with Crippen LogP contribution in [0.15, 0.2) is 47.2 Å². The number of hydrogen-bond donors (Lipinski definition) is 3. The molecule has 7 nitrogen and oxygen atoms in total. The predicted octanol–water partition coefficient (Wildman–Crippen LogP) is 3.34. The number of aliphatic hydroxyl groups excluding tert-OH is 1. The second kappa shape index (κ2) is 11.4. The molecule has 0 spiro atoms. The van der Waals surface area contributed by atoms with Gasteiger partial charge in [0.1, 0.15) is 0 Å². The van der Waals surface area contributed by atoms with Gasteiger partial charge in [0, 0.05) is 68.4 Å². The molecular weight excluding hydrogens is 448 g/mol. The maximum absolute atomic E-state index is 10.1. The fourth-order valence-corrected chi connectivity index (χ4v) is 5.96. The van der Waals surface area contributed by atoms with E-state index >= 15 is 0 Å². The molecule has 1 aromatic rings. The molecule has 1 unspecified atom stereocenters. The molecule has 1 saturated carbocycles. The lowest BCUT2D eigenvalue weighted by atomic mass is 9.92. The van der Waals surface area contributed by atoms with Gasteiger partial charge in [0.05, 0.1) is 6.10 Å². The van der Waals surface area contributed by atoms with Gasteiger partial charge in [-0.2, -0.15) is 0 Å². The van der Waals surface area contributed by atoms with Crippen LogP contribution in [0.1, 0.15) is 63.5 Å². The average molecular weight is 493 g/mol. The van der Waals surface area contributed by atoms with Crippen molar-refractivity contribution in [2.75, 3.05) is 33.2 Å². The monoisotopic (exact) mass is 492 g/mol. The molecule has 1 saturated heterocycles. The Kier molecular flexibility index (Phi) is 7.99. The van der Waals surface area contributed by atoms with E-state index in [0.717, 1.165) is 77.2 Å². The number of benzene rings is 1. The maximum Gasteiger partial charge on any atom is 0.197 e. The van der Waals surface area contributed by atoms with Crippen LogP contribution in [0.2, 0.25) is 0 Å². The fourth-order valence-electron chi connectivity index (χ4n) is 5.96. The topological polar surface area (TPSA) is 66.4 Å². The standard InChI is InChI=1S/C29H44N6O/c1-4-5-21(2)31-29-30-18-26-27(20-35(28(26)32-29)24-10-12-25(36)13-11-24)23-8-6-22(7-9-23)19-34-16-14-33(3)15-17-34/h6-9,18,20-21,24-25,28,36H,4-5,10-17,19H2,1-3H3,(H2,30,31,32)/t21-,24?,25?,28?/m0/s1. The van der Waals surface area contributed by atoms with Gasteiger partial charge in [-0.3, -0.25) is 4.90 Å². The summed E-state index contributed by atoms with van der Waals surface area (Å²) in [6.07, 6.45) is 10.4. The van der Waals surface area contributed by atoms with Gasteiger partial charge in [-0.05, 0) is 57.2 Å². The quantitative estimate of drug-likeness (QED) is 0.543. The number of aliphatic hydroxyl groups is 1. The largest absolute Gasteiger partial charge is 0.393 e. The van der Waals surface area contributed by atoms with Crippen molar-refractivity contribution in [2.24, 2.45) is 4.99 Å². The van der Waals surface area contributed by atoms with Crippen LogP contribution in [0, 0.1) is 0 Å². The molecule has 3 N–H and O–H groups in total. The molecule has 4 aliphatic rings. The number of hydrogen-bond acceptors (Lipinski definition) is 7. The molecule has 0 aromatic heterocycles. The lowest BCUT2D eigenvalue weighted by molar-refractivity contribution is 0.0855. The Balaban J connectivity index is 1.33. The highest BCUT2D eigenvalue weighted by molar-refractivity contribution is 5.89. The molecule has 1 aromatic carbocycles. The van der Waals surface area contributed by atoms with Gasteiger partial charge >= 0.3 is 0 Å². The Hall–Kier alpha value is -2.35. The Morgan fingerprint density at radius 2 is 1.81 bits per heavy atom. The fraction of sp³-hybridized carbons (Fsp3) is 0.621. The lowest BCUT2D eigenvalue weighted by Crippen LogP contribution is -2.47. The average Bonchev–Trinajstić information content (AvgIpc) is 3.25. The van der Waals surface area contributed by atoms with Crippen LogP contribution < -0.4 is 10.6 Å². The lowest BCUT2D eigenvalue weighted by Gasteiger charge is -2.37. The van der Waals surface area contributed by atoms with Crippen molar-refractivity contribution in [3.8, 4) is 0 Å². The molecule has 1 aliphatic carbocycles. The molecule has 2 atom stereocenters. The van der Waals surface area contributed by atoms with Gasteiger partial charge in [-0.1, -0.05) is 37.6 Å². The van der Waals surface area contributed by atoms with Gasteiger partial charge in [-0.15, -0.1) is 0 Å². The zero-order valence-electron chi connectivity index (χ0n) is 22.3. The Bertz CT molecular complexity index is 970. The molecule has 7 heteroatoms. The number of rotatable bonds is 7. The highest BCUT2D eigenvalue weighted by Crippen LogP contribution is 2.40. The van der Waals surface area contributed by atoms with E-state index in [-0.39, 0.29) is 12.3 Å². The summed E-state index contributed by atoms with van der Waals surface area (Å²) in [4.78, 5) is 12.6. The SMILES string of the molecule is CCC[C@H](C)NC1=NC2C(=CN1)C(c1ccc(CN3CCN(C)CC3)cc1)=CN2C1CCC(O)CC1. The highest BCUT2D eigenvalue weighted by Gasteiger charge is 2.38. The molecule has 196 valence electrons. The molecule has 0 amide bonds. The van der Waals surface area contributed by atoms with Gasteiger partial charge in [0.2, 0.25) is 0 Å². The van der Waals surface area contributed by atoms with Gasteiger partial charge in [-0.25, -0.2) is 4.99 Å². The van der Waals surface area contributed by atoms with Crippen LogP contribution in [0.5, 0.6) is 0 Å². The summed E-state index contributed by atoms with van der Waals surface area (Å²) in [5.41, 5.74) is 5.12. The summed E-state index contributed by atoms with van der Waals surface area (Å²) in [5, 5.41) is 17.1. The van der Waals surface area contributed by atoms with Crippen LogP contribution in [-0.4, -0.2) is 83.3 Å². The van der Waals surface area contributed by atoms with E-state index < -0.39 is 0 Å². The summed E-state index contributed by atoms with van der Waals surface area (Å²) in [6, 6.07) is 9.95. The van der Waals surface area contributed by atoms with E-state index in [1.165, 1.54) is 22.3 Å². The Labute approximate surface area is 216 Å². The molecule has 0 radical (unpaired) electrons. The zero-order valence-corrected chi connectivity index (χ0v) is 22.3. The van der Waals surface area contributed by atoms with E-state index in [2.05, 4.69) is 82.9 Å². The molecule has 2 fully saturated rings. The van der Waals surface area contributed by atoms with Crippen LogP contribution in [0.3, 0.4) is 0 Å². The minimum absolute atomic E-state index is 0.0113. The van der Waals surface area contributed by atoms with E-state index in [4.69, 9.17) is 4.99 Å². The first-order valence-corrected chi connectivity index (χ1v) is 14.0. The summed E-state index contributed by atoms with van der Waals surface area (Å²) in [7, 11) is 2.21.